The number of ether oxygens (including phenoxy) is 2. The van der Waals surface area contributed by atoms with Crippen LogP contribution in [-0.4, -0.2) is 71.7 Å². The Hall–Kier alpha value is -1.03. The summed E-state index contributed by atoms with van der Waals surface area (Å²) in [5.41, 5.74) is -1.86. The Labute approximate surface area is 172 Å². The number of hydrogen-bond donors (Lipinski definition) is 6. The normalized spacial score (nSPS) is 24.9. The van der Waals surface area contributed by atoms with Crippen molar-refractivity contribution in [2.45, 2.75) is 29.8 Å². The number of nitrogens with one attached hydrogen (secondary N) is 1. The molecule has 6 N–H and O–H groups in total. The first kappa shape index (κ1) is 25.2. The van der Waals surface area contributed by atoms with Crippen molar-refractivity contribution in [1.29, 1.82) is 0 Å². The maximum atomic E-state index is 12.2. The maximum Gasteiger partial charge on any atom is 0.469 e. The molecule has 172 valence electrons. The van der Waals surface area contributed by atoms with E-state index in [1.807, 2.05) is 4.98 Å². The second-order valence-electron chi connectivity index (χ2n) is 5.82. The lowest BCUT2D eigenvalue weighted by atomic mass is 10.1. The summed E-state index contributed by atoms with van der Waals surface area (Å²) < 4.78 is 41.9. The third-order valence-corrected chi connectivity index (χ3v) is 6.23. The minimum Gasteiger partial charge on any atom is -0.460 e. The molecule has 2 rings (SSSR count). The van der Waals surface area contributed by atoms with Crippen LogP contribution in [-0.2, 0) is 22.9 Å². The molecule has 15 nitrogen and oxygen atoms in total. The minimum atomic E-state index is -5.13. The Morgan fingerprint density at radius 2 is 1.87 bits per heavy atom. The molecule has 0 saturated carbocycles. The number of phosphoric acid groups is 2. The smallest absolute Gasteiger partial charge is 0.460 e. The number of phosphoric ester groups is 2. The van der Waals surface area contributed by atoms with Gasteiger partial charge in [-0.3, -0.25) is 23.4 Å². The van der Waals surface area contributed by atoms with E-state index in [-0.39, 0.29) is 19.1 Å². The fourth-order valence-electron chi connectivity index (χ4n) is 2.49. The lowest BCUT2D eigenvalue weighted by Crippen LogP contribution is -2.39. The largest absolute Gasteiger partial charge is 0.469 e. The van der Waals surface area contributed by atoms with Gasteiger partial charge in [0.25, 0.3) is 5.56 Å². The second-order valence-corrected chi connectivity index (χ2v) is 9.61. The highest BCUT2D eigenvalue weighted by Gasteiger charge is 2.48. The molecule has 2 heterocycles. The van der Waals surface area contributed by atoms with Crippen LogP contribution in [0.2, 0.25) is 0 Å². The number of nitrogens with zero attached hydrogens (tertiary/aromatic N) is 1. The summed E-state index contributed by atoms with van der Waals surface area (Å²) in [5.74, 6) is -0.335. The van der Waals surface area contributed by atoms with Crippen LogP contribution in [0.4, 0.5) is 0 Å². The van der Waals surface area contributed by atoms with Crippen LogP contribution in [0.5, 0.6) is 5.75 Å². The minimum absolute atomic E-state index is 0.289. The molecule has 1 aliphatic heterocycles. The van der Waals surface area contributed by atoms with E-state index in [1.165, 1.54) is 0 Å². The summed E-state index contributed by atoms with van der Waals surface area (Å²) in [4.78, 5) is 61.9. The lowest BCUT2D eigenvalue weighted by molar-refractivity contribution is 0.00725. The molecule has 4 unspecified atom stereocenters. The van der Waals surface area contributed by atoms with Gasteiger partial charge in [-0.05, 0) is 6.92 Å². The van der Waals surface area contributed by atoms with Crippen LogP contribution in [0.3, 0.4) is 0 Å². The molecule has 0 radical (unpaired) electrons. The zero-order valence-electron chi connectivity index (χ0n) is 15.3. The fraction of sp³-hybridized carbons (Fsp3) is 0.667. The third-order valence-electron chi connectivity index (χ3n) is 3.69. The molecule has 0 amide bonds. The number of thioether (sulfide) groups is 1. The Morgan fingerprint density at radius 3 is 2.43 bits per heavy atom. The molecule has 30 heavy (non-hydrogen) atoms. The Balaban J connectivity index is 2.35. The van der Waals surface area contributed by atoms with Gasteiger partial charge < -0.3 is 34.2 Å². The number of rotatable bonds is 10. The van der Waals surface area contributed by atoms with E-state index in [2.05, 4.69) is 9.05 Å². The van der Waals surface area contributed by atoms with Crippen LogP contribution in [0, 0.1) is 0 Å². The Morgan fingerprint density at radius 1 is 1.20 bits per heavy atom. The Bertz CT molecular complexity index is 939. The predicted octanol–water partition coefficient (Wildman–Crippen LogP) is -1.53. The first-order valence-corrected chi connectivity index (χ1v) is 12.2. The van der Waals surface area contributed by atoms with E-state index in [0.717, 1.165) is 10.8 Å². The second kappa shape index (κ2) is 10.1. The van der Waals surface area contributed by atoms with Crippen molar-refractivity contribution >= 4 is 27.4 Å². The summed E-state index contributed by atoms with van der Waals surface area (Å²) in [7, 11) is -10.1. The molecule has 18 heteroatoms. The first-order valence-electron chi connectivity index (χ1n) is 8.16. The van der Waals surface area contributed by atoms with E-state index < -0.39 is 56.3 Å². The maximum absolute atomic E-state index is 12.2. The van der Waals surface area contributed by atoms with Gasteiger partial charge >= 0.3 is 21.3 Å². The van der Waals surface area contributed by atoms with Gasteiger partial charge in [0.05, 0.1) is 18.1 Å². The molecule has 1 fully saturated rings. The molecule has 0 bridgehead atoms. The number of aromatic nitrogens is 2. The van der Waals surface area contributed by atoms with E-state index in [1.54, 1.807) is 6.92 Å². The van der Waals surface area contributed by atoms with Gasteiger partial charge in [0.1, 0.15) is 17.6 Å². The van der Waals surface area contributed by atoms with Crippen molar-refractivity contribution in [1.82, 2.24) is 9.55 Å². The monoisotopic (exact) mass is 494 g/mol. The summed E-state index contributed by atoms with van der Waals surface area (Å²) in [6.45, 7) is 0.901. The number of H-pyrrole nitrogens is 1. The highest BCUT2D eigenvalue weighted by atomic mass is 32.2. The third kappa shape index (κ3) is 7.00. The molecule has 0 aromatic carbocycles. The van der Waals surface area contributed by atoms with Crippen molar-refractivity contribution in [2.24, 2.45) is 0 Å². The van der Waals surface area contributed by atoms with Gasteiger partial charge in [-0.25, -0.2) is 13.9 Å². The molecule has 1 saturated heterocycles. The summed E-state index contributed by atoms with van der Waals surface area (Å²) in [5, 5.41) is 8.04. The van der Waals surface area contributed by atoms with Crippen LogP contribution in [0.25, 0.3) is 0 Å². The van der Waals surface area contributed by atoms with Crippen molar-refractivity contribution in [2.75, 3.05) is 20.0 Å². The standard InChI is InChI=1S/C12H20N2O13P2S/c1-2-24-5-25-6-3-14(12(17)13-10(6)16)11-8(15)9(27-29(21,22)23)7(30-11)4-26-28(18,19)20/h3,7-9,11,15H,2,4-5H2,1H3,(H,13,16,17)(H2,18,19,20)(H2,21,22,23). The van der Waals surface area contributed by atoms with Crippen molar-refractivity contribution in [3.8, 4) is 5.75 Å². The number of aromatic amines is 1. The Kier molecular flexibility index (Phi) is 8.46. The molecular formula is C12H20N2O13P2S. The van der Waals surface area contributed by atoms with Gasteiger partial charge in [0.15, 0.2) is 6.79 Å². The molecule has 1 aliphatic rings. The predicted molar refractivity (Wildman–Crippen MR) is 99.8 cm³/mol. The quantitative estimate of drug-likeness (QED) is 0.123. The summed E-state index contributed by atoms with van der Waals surface area (Å²) in [6.07, 6.45) is -2.45. The van der Waals surface area contributed by atoms with Gasteiger partial charge in [-0.2, -0.15) is 0 Å². The zero-order chi connectivity index (χ0) is 22.7. The van der Waals surface area contributed by atoms with Gasteiger partial charge in [0.2, 0.25) is 5.75 Å². The summed E-state index contributed by atoms with van der Waals surface area (Å²) in [6, 6.07) is 0. The van der Waals surface area contributed by atoms with E-state index >= 15 is 0 Å². The van der Waals surface area contributed by atoms with E-state index in [0.29, 0.717) is 11.8 Å². The van der Waals surface area contributed by atoms with Gasteiger partial charge in [-0.15, -0.1) is 11.8 Å². The SMILES string of the molecule is CCOCOc1cn(C2SC(COP(=O)(O)O)C(OP(=O)(O)O)C2O)c(=O)[nH]c1=O. The molecule has 1 aromatic heterocycles. The zero-order valence-corrected chi connectivity index (χ0v) is 17.9. The summed E-state index contributed by atoms with van der Waals surface area (Å²) >= 11 is 0.686. The average molecular weight is 494 g/mol. The van der Waals surface area contributed by atoms with Gasteiger partial charge in [0, 0.05) is 6.61 Å². The average Bonchev–Trinajstić information content (AvgIpc) is 2.89. The van der Waals surface area contributed by atoms with Gasteiger partial charge in [-0.1, -0.05) is 0 Å². The molecule has 1 aromatic rings. The highest BCUT2D eigenvalue weighted by molar-refractivity contribution is 8.00. The molecule has 4 atom stereocenters. The molecule has 0 aliphatic carbocycles. The van der Waals surface area contributed by atoms with E-state index in [9.17, 15) is 23.8 Å². The fourth-order valence-corrected chi connectivity index (χ4v) is 5.10. The lowest BCUT2D eigenvalue weighted by Gasteiger charge is -2.22. The first-order chi connectivity index (χ1) is 13.8. The van der Waals surface area contributed by atoms with Crippen LogP contribution < -0.4 is 16.0 Å². The molecular weight excluding hydrogens is 474 g/mol. The highest BCUT2D eigenvalue weighted by Crippen LogP contribution is 2.50. The molecule has 0 spiro atoms. The number of hydrogen-bond acceptors (Lipinski definition) is 10. The van der Waals surface area contributed by atoms with Crippen LogP contribution >= 0.6 is 27.4 Å². The van der Waals surface area contributed by atoms with Crippen LogP contribution in [0.1, 0.15) is 12.3 Å². The van der Waals surface area contributed by atoms with Crippen molar-refractivity contribution < 1.29 is 52.3 Å². The number of aliphatic hydroxyl groups excluding tert-OH is 1. The van der Waals surface area contributed by atoms with Crippen molar-refractivity contribution in [3.63, 3.8) is 0 Å². The topological polar surface area (TPSA) is 227 Å². The van der Waals surface area contributed by atoms with Crippen molar-refractivity contribution in [3.05, 3.63) is 27.0 Å². The number of aliphatic hydroxyl groups is 1. The van der Waals surface area contributed by atoms with E-state index in [4.69, 9.17) is 29.0 Å². The van der Waals surface area contributed by atoms with Crippen LogP contribution in [0.15, 0.2) is 15.8 Å².